The highest BCUT2D eigenvalue weighted by atomic mass is 35.5. The summed E-state index contributed by atoms with van der Waals surface area (Å²) in [5.41, 5.74) is 1.80. The molecule has 0 spiro atoms. The number of anilines is 1. The molecule has 0 unspecified atom stereocenters. The summed E-state index contributed by atoms with van der Waals surface area (Å²) in [5, 5.41) is 3.05. The lowest BCUT2D eigenvalue weighted by Gasteiger charge is -2.33. The van der Waals surface area contributed by atoms with Crippen LogP contribution in [0.25, 0.3) is 0 Å². The van der Waals surface area contributed by atoms with Gasteiger partial charge >= 0.3 is 0 Å². The van der Waals surface area contributed by atoms with Gasteiger partial charge < -0.3 is 15.0 Å². The molecule has 10 heteroatoms. The number of nitrogens with zero attached hydrogens (tertiary/aromatic N) is 2. The van der Waals surface area contributed by atoms with E-state index in [0.717, 1.165) is 21.9 Å². The number of amides is 2. The van der Waals surface area contributed by atoms with E-state index in [1.807, 2.05) is 26.8 Å². The van der Waals surface area contributed by atoms with E-state index in [9.17, 15) is 18.0 Å². The van der Waals surface area contributed by atoms with Crippen molar-refractivity contribution in [3.05, 3.63) is 88.9 Å². The van der Waals surface area contributed by atoms with Crippen LogP contribution >= 0.6 is 11.6 Å². The summed E-state index contributed by atoms with van der Waals surface area (Å²) in [6.45, 7) is 5.60. The molecule has 0 bridgehead atoms. The van der Waals surface area contributed by atoms with Gasteiger partial charge in [0, 0.05) is 13.1 Å². The molecule has 0 aliphatic rings. The quantitative estimate of drug-likeness (QED) is 0.298. The number of methoxy groups -OCH3 is 1. The summed E-state index contributed by atoms with van der Waals surface area (Å²) in [6, 6.07) is 19.2. The Balaban J connectivity index is 2.07. The van der Waals surface area contributed by atoms with Gasteiger partial charge in [-0.1, -0.05) is 67.4 Å². The van der Waals surface area contributed by atoms with Crippen LogP contribution < -0.4 is 14.4 Å². The fraction of sp³-hybridized carbons (Fsp3) is 0.333. The van der Waals surface area contributed by atoms with Gasteiger partial charge in [0.2, 0.25) is 11.8 Å². The first-order chi connectivity index (χ1) is 19.1. The topological polar surface area (TPSA) is 96.0 Å². The van der Waals surface area contributed by atoms with Crippen molar-refractivity contribution in [1.82, 2.24) is 10.2 Å². The number of aryl methyl sites for hydroxylation is 1. The number of carbonyl (C=O) groups excluding carboxylic acids is 2. The summed E-state index contributed by atoms with van der Waals surface area (Å²) in [6.07, 6.45) is 1.07. The number of halogens is 1. The Labute approximate surface area is 241 Å². The van der Waals surface area contributed by atoms with Crippen molar-refractivity contribution < 1.29 is 22.7 Å². The SMILES string of the molecule is CCCNC(=O)[C@H](CC)N(Cc1cccc(OC)c1)C(=O)CN(c1ccccc1Cl)S(=O)(=O)c1ccc(C)cc1. The highest BCUT2D eigenvalue weighted by molar-refractivity contribution is 7.92. The largest absolute Gasteiger partial charge is 0.497 e. The molecule has 0 aliphatic heterocycles. The minimum Gasteiger partial charge on any atom is -0.497 e. The second-order valence-electron chi connectivity index (χ2n) is 9.36. The Bertz CT molecular complexity index is 1410. The van der Waals surface area contributed by atoms with Crippen molar-refractivity contribution in [1.29, 1.82) is 0 Å². The van der Waals surface area contributed by atoms with Gasteiger partial charge in [-0.05, 0) is 61.7 Å². The van der Waals surface area contributed by atoms with Crippen LogP contribution in [0.1, 0.15) is 37.8 Å². The molecule has 0 heterocycles. The van der Waals surface area contributed by atoms with Crippen LogP contribution in [0.2, 0.25) is 5.02 Å². The molecule has 1 N–H and O–H groups in total. The number of rotatable bonds is 13. The van der Waals surface area contributed by atoms with Crippen molar-refractivity contribution in [2.45, 2.75) is 51.1 Å². The maximum atomic E-state index is 14.1. The van der Waals surface area contributed by atoms with Gasteiger partial charge in [0.05, 0.1) is 22.7 Å². The Morgan fingerprint density at radius 1 is 1.00 bits per heavy atom. The predicted molar refractivity (Wildman–Crippen MR) is 158 cm³/mol. The zero-order valence-corrected chi connectivity index (χ0v) is 24.8. The van der Waals surface area contributed by atoms with Gasteiger partial charge in [0.15, 0.2) is 0 Å². The summed E-state index contributed by atoms with van der Waals surface area (Å²) < 4.78 is 34.2. The van der Waals surface area contributed by atoms with Gasteiger partial charge in [0.25, 0.3) is 10.0 Å². The molecule has 214 valence electrons. The lowest BCUT2D eigenvalue weighted by Crippen LogP contribution is -2.52. The number of ether oxygens (including phenoxy) is 1. The molecular formula is C30H36ClN3O5S. The third-order valence-electron chi connectivity index (χ3n) is 6.43. The maximum Gasteiger partial charge on any atom is 0.264 e. The zero-order valence-electron chi connectivity index (χ0n) is 23.3. The Kier molecular flexibility index (Phi) is 11.0. The third kappa shape index (κ3) is 7.55. The molecule has 0 saturated carbocycles. The summed E-state index contributed by atoms with van der Waals surface area (Å²) in [5.74, 6) is -0.240. The van der Waals surface area contributed by atoms with Crippen LogP contribution in [0.5, 0.6) is 5.75 Å². The summed E-state index contributed by atoms with van der Waals surface area (Å²) in [4.78, 5) is 28.7. The molecule has 3 aromatic rings. The monoisotopic (exact) mass is 585 g/mol. The number of sulfonamides is 1. The van der Waals surface area contributed by atoms with Crippen molar-refractivity contribution in [2.24, 2.45) is 0 Å². The van der Waals surface area contributed by atoms with Crippen LogP contribution in [-0.4, -0.2) is 51.4 Å². The highest BCUT2D eigenvalue weighted by Crippen LogP contribution is 2.31. The summed E-state index contributed by atoms with van der Waals surface area (Å²) in [7, 11) is -2.64. The van der Waals surface area contributed by atoms with Gasteiger partial charge in [-0.2, -0.15) is 0 Å². The molecule has 3 rings (SSSR count). The van der Waals surface area contributed by atoms with Crippen LogP contribution in [-0.2, 0) is 26.2 Å². The van der Waals surface area contributed by atoms with Gasteiger partial charge in [-0.3, -0.25) is 13.9 Å². The zero-order chi connectivity index (χ0) is 29.3. The number of hydrogen-bond donors (Lipinski definition) is 1. The first-order valence-corrected chi connectivity index (χ1v) is 15.0. The van der Waals surface area contributed by atoms with Gasteiger partial charge in [0.1, 0.15) is 18.3 Å². The molecular weight excluding hydrogens is 550 g/mol. The third-order valence-corrected chi connectivity index (χ3v) is 8.52. The van der Waals surface area contributed by atoms with E-state index in [1.165, 1.54) is 17.0 Å². The van der Waals surface area contributed by atoms with Crippen LogP contribution in [0.3, 0.4) is 0 Å². The fourth-order valence-electron chi connectivity index (χ4n) is 4.26. The van der Waals surface area contributed by atoms with E-state index in [2.05, 4.69) is 5.32 Å². The van der Waals surface area contributed by atoms with E-state index >= 15 is 0 Å². The Morgan fingerprint density at radius 3 is 2.33 bits per heavy atom. The fourth-order valence-corrected chi connectivity index (χ4v) is 5.98. The molecule has 0 aromatic heterocycles. The number of benzene rings is 3. The van der Waals surface area contributed by atoms with E-state index in [4.69, 9.17) is 16.3 Å². The predicted octanol–water partition coefficient (Wildman–Crippen LogP) is 5.19. The smallest absolute Gasteiger partial charge is 0.264 e. The van der Waals surface area contributed by atoms with Crippen LogP contribution in [0.4, 0.5) is 5.69 Å². The van der Waals surface area contributed by atoms with Gasteiger partial charge in [-0.15, -0.1) is 0 Å². The average molecular weight is 586 g/mol. The number of carbonyl (C=O) groups is 2. The highest BCUT2D eigenvalue weighted by Gasteiger charge is 2.34. The second-order valence-corrected chi connectivity index (χ2v) is 11.6. The molecule has 8 nitrogen and oxygen atoms in total. The number of para-hydroxylation sites is 1. The average Bonchev–Trinajstić information content (AvgIpc) is 2.95. The molecule has 2 amide bonds. The number of nitrogens with one attached hydrogen (secondary N) is 1. The standard InChI is InChI=1S/C30H36ClN3O5S/c1-5-18-32-30(36)27(6-2)33(20-23-10-9-11-24(19-23)39-4)29(35)21-34(28-13-8-7-12-26(28)31)40(37,38)25-16-14-22(3)15-17-25/h7-17,19,27H,5-6,18,20-21H2,1-4H3,(H,32,36)/t27-/m0/s1. The van der Waals surface area contributed by atoms with Crippen LogP contribution in [0.15, 0.2) is 77.7 Å². The Morgan fingerprint density at radius 2 is 1.70 bits per heavy atom. The van der Waals surface area contributed by atoms with E-state index in [1.54, 1.807) is 61.7 Å². The molecule has 0 fully saturated rings. The summed E-state index contributed by atoms with van der Waals surface area (Å²) >= 11 is 6.45. The van der Waals surface area contributed by atoms with E-state index in [0.29, 0.717) is 18.7 Å². The van der Waals surface area contributed by atoms with Crippen molar-refractivity contribution in [3.63, 3.8) is 0 Å². The lowest BCUT2D eigenvalue weighted by atomic mass is 10.1. The second kappa shape index (κ2) is 14.2. The van der Waals surface area contributed by atoms with Crippen molar-refractivity contribution in [2.75, 3.05) is 24.5 Å². The maximum absolute atomic E-state index is 14.1. The van der Waals surface area contributed by atoms with E-state index in [-0.39, 0.29) is 28.1 Å². The first-order valence-electron chi connectivity index (χ1n) is 13.2. The van der Waals surface area contributed by atoms with Crippen molar-refractivity contribution >= 4 is 39.1 Å². The molecule has 0 aliphatic carbocycles. The molecule has 0 radical (unpaired) electrons. The molecule has 1 atom stereocenters. The first kappa shape index (κ1) is 31.0. The van der Waals surface area contributed by atoms with Crippen molar-refractivity contribution in [3.8, 4) is 5.75 Å². The Hall–Kier alpha value is -3.56. The van der Waals surface area contributed by atoms with E-state index < -0.39 is 28.5 Å². The molecule has 40 heavy (non-hydrogen) atoms. The lowest BCUT2D eigenvalue weighted by molar-refractivity contribution is -0.140. The minimum absolute atomic E-state index is 0.0258. The number of hydrogen-bond acceptors (Lipinski definition) is 5. The molecule has 0 saturated heterocycles. The normalized spacial score (nSPS) is 11.9. The minimum atomic E-state index is -4.19. The molecule has 3 aromatic carbocycles. The van der Waals surface area contributed by atoms with Gasteiger partial charge in [-0.25, -0.2) is 8.42 Å². The van der Waals surface area contributed by atoms with Crippen LogP contribution in [0, 0.1) is 6.92 Å².